The number of nitrogens with zero attached hydrogens (tertiary/aromatic N) is 8. The van der Waals surface area contributed by atoms with Gasteiger partial charge in [0.05, 0.1) is 17.9 Å². The molecule has 42 heavy (non-hydrogen) atoms. The first kappa shape index (κ1) is 28.3. The molecule has 0 unspecified atom stereocenters. The van der Waals surface area contributed by atoms with Gasteiger partial charge in [0.2, 0.25) is 17.3 Å². The molecular formula is C28H32ClFN9O3+. The van der Waals surface area contributed by atoms with E-state index in [-0.39, 0.29) is 16.9 Å². The molecule has 2 saturated heterocycles. The van der Waals surface area contributed by atoms with E-state index in [1.807, 2.05) is 19.2 Å². The number of fused-ring (bicyclic) bond motifs is 2. The summed E-state index contributed by atoms with van der Waals surface area (Å²) in [6, 6.07) is 10.5. The quantitative estimate of drug-likeness (QED) is 0.304. The molecule has 0 spiro atoms. The van der Waals surface area contributed by atoms with Crippen molar-refractivity contribution in [2.75, 3.05) is 41.7 Å². The highest BCUT2D eigenvalue weighted by atomic mass is 35.5. The highest BCUT2D eigenvalue weighted by Gasteiger charge is 2.48. The molecule has 6 heterocycles. The van der Waals surface area contributed by atoms with Crippen molar-refractivity contribution in [3.8, 4) is 0 Å². The van der Waals surface area contributed by atoms with Gasteiger partial charge < -0.3 is 30.5 Å². The SMILES string of the molecule is CC[C@@H]1O[C@H]([n+]2c(F)nc(N)c3c2N=CC3)[C@H](O)[C@H]1O.Clc1nc2c(c(N3CCN(c4ccccc4)CC3)n1)CC=N2. The maximum absolute atomic E-state index is 14.1. The second kappa shape index (κ2) is 11.8. The Bertz CT molecular complexity index is 1520. The maximum Gasteiger partial charge on any atom is 0.427 e. The molecule has 4 aliphatic rings. The number of nitrogen functional groups attached to an aromatic ring is 1. The normalized spacial score (nSPS) is 24.0. The molecule has 3 aromatic rings. The summed E-state index contributed by atoms with van der Waals surface area (Å²) in [6.07, 6.45) is 0.386. The molecule has 2 aromatic heterocycles. The van der Waals surface area contributed by atoms with Crippen LogP contribution in [0.3, 0.4) is 0 Å². The van der Waals surface area contributed by atoms with Crippen LogP contribution in [0.1, 0.15) is 30.7 Å². The number of piperazine rings is 1. The molecule has 2 fully saturated rings. The fourth-order valence-electron chi connectivity index (χ4n) is 5.66. The van der Waals surface area contributed by atoms with Crippen LogP contribution in [0.15, 0.2) is 40.3 Å². The highest BCUT2D eigenvalue weighted by molar-refractivity contribution is 6.28. The van der Waals surface area contributed by atoms with E-state index < -0.39 is 30.6 Å². The van der Waals surface area contributed by atoms with Gasteiger partial charge in [-0.05, 0) is 30.2 Å². The van der Waals surface area contributed by atoms with E-state index in [2.05, 4.69) is 59.0 Å². The van der Waals surface area contributed by atoms with Crippen LogP contribution in [0, 0.1) is 6.08 Å². The number of hydrogen-bond acceptors (Lipinski definition) is 11. The smallest absolute Gasteiger partial charge is 0.387 e. The molecule has 4 N–H and O–H groups in total. The Kier molecular flexibility index (Phi) is 7.99. The topological polar surface area (TPSA) is 149 Å². The lowest BCUT2D eigenvalue weighted by Gasteiger charge is -2.37. The van der Waals surface area contributed by atoms with Crippen LogP contribution in [-0.2, 0) is 17.6 Å². The molecule has 0 saturated carbocycles. The van der Waals surface area contributed by atoms with Crippen LogP contribution in [0.5, 0.6) is 0 Å². The van der Waals surface area contributed by atoms with Crippen molar-refractivity contribution in [3.05, 3.63) is 52.8 Å². The first-order valence-electron chi connectivity index (χ1n) is 13.9. The zero-order chi connectivity index (χ0) is 29.4. The number of benzene rings is 1. The number of ether oxygens (including phenoxy) is 1. The van der Waals surface area contributed by atoms with E-state index in [1.165, 1.54) is 5.69 Å². The van der Waals surface area contributed by atoms with Crippen LogP contribution in [0.25, 0.3) is 0 Å². The average molecular weight is 597 g/mol. The lowest BCUT2D eigenvalue weighted by molar-refractivity contribution is -0.780. The Balaban J connectivity index is 0.000000151. The third-order valence-corrected chi connectivity index (χ3v) is 8.04. The van der Waals surface area contributed by atoms with Gasteiger partial charge in [-0.1, -0.05) is 30.1 Å². The standard InChI is InChI=1S/C16H16ClN5.C12H15FN4O3/c17-16-19-14-13(6-7-18-14)15(20-16)22-10-8-21(9-11-22)12-4-2-1-3-5-12;1-2-6-7(18)8(19)11(20-6)17-10-5(3-4-15-10)9(14)16-12(17)13/h1-5,7H,6,8-11H2;4,6-8,11,14,18-19H,2-3H2,1H3/p+1/t;6-,7-,8+,11-/m.0/s1. The van der Waals surface area contributed by atoms with Crippen molar-refractivity contribution in [1.82, 2.24) is 15.0 Å². The monoisotopic (exact) mass is 596 g/mol. The van der Waals surface area contributed by atoms with Crippen LogP contribution in [-0.4, -0.2) is 82.1 Å². The number of anilines is 3. The molecule has 7 rings (SSSR count). The number of halogens is 2. The van der Waals surface area contributed by atoms with Crippen LogP contribution < -0.4 is 20.1 Å². The highest BCUT2D eigenvalue weighted by Crippen LogP contribution is 2.33. The van der Waals surface area contributed by atoms with Gasteiger partial charge in [0.1, 0.15) is 18.0 Å². The molecule has 14 heteroatoms. The summed E-state index contributed by atoms with van der Waals surface area (Å²) >= 11 is 6.04. The number of hydrogen-bond donors (Lipinski definition) is 3. The number of aliphatic hydroxyl groups excluding tert-OH is 2. The third-order valence-electron chi connectivity index (χ3n) is 7.87. The van der Waals surface area contributed by atoms with Crippen molar-refractivity contribution in [2.24, 2.45) is 9.98 Å². The molecule has 4 aliphatic heterocycles. The summed E-state index contributed by atoms with van der Waals surface area (Å²) in [4.78, 5) is 25.3. The summed E-state index contributed by atoms with van der Waals surface area (Å²) < 4.78 is 20.7. The number of aliphatic imine (C=N–C) groups is 2. The second-order valence-electron chi connectivity index (χ2n) is 10.4. The first-order valence-corrected chi connectivity index (χ1v) is 14.3. The molecule has 1 aromatic carbocycles. The van der Waals surface area contributed by atoms with Gasteiger partial charge in [-0.3, -0.25) is 0 Å². The Morgan fingerprint density at radius 1 is 0.976 bits per heavy atom. The zero-order valence-electron chi connectivity index (χ0n) is 23.0. The van der Waals surface area contributed by atoms with Gasteiger partial charge in [0, 0.05) is 56.5 Å². The third kappa shape index (κ3) is 5.28. The van der Waals surface area contributed by atoms with E-state index in [9.17, 15) is 14.6 Å². The van der Waals surface area contributed by atoms with Gasteiger partial charge in [0.15, 0.2) is 5.82 Å². The molecular weight excluding hydrogens is 565 g/mol. The van der Waals surface area contributed by atoms with Gasteiger partial charge in [-0.25, -0.2) is 9.98 Å². The van der Waals surface area contributed by atoms with Crippen LogP contribution in [0.2, 0.25) is 5.28 Å². The second-order valence-corrected chi connectivity index (χ2v) is 10.7. The number of rotatable bonds is 4. The Hall–Kier alpha value is -3.78. The molecule has 0 bridgehead atoms. The number of para-hydroxylation sites is 1. The van der Waals surface area contributed by atoms with Crippen LogP contribution >= 0.6 is 11.6 Å². The van der Waals surface area contributed by atoms with E-state index >= 15 is 0 Å². The van der Waals surface area contributed by atoms with Crippen molar-refractivity contribution in [3.63, 3.8) is 0 Å². The fraction of sp³-hybridized carbons (Fsp3) is 0.429. The average Bonchev–Trinajstić information content (AvgIpc) is 3.74. The van der Waals surface area contributed by atoms with Crippen LogP contribution in [0.4, 0.5) is 33.3 Å². The van der Waals surface area contributed by atoms with Crippen molar-refractivity contribution >= 4 is 53.0 Å². The molecule has 0 amide bonds. The minimum atomic E-state index is -1.25. The Labute approximate surface area is 247 Å². The first-order chi connectivity index (χ1) is 20.4. The molecule has 0 radical (unpaired) electrons. The van der Waals surface area contributed by atoms with E-state index in [0.29, 0.717) is 18.4 Å². The number of nitrogens with two attached hydrogens (primary N) is 1. The predicted octanol–water partition coefficient (Wildman–Crippen LogP) is 2.09. The van der Waals surface area contributed by atoms with Gasteiger partial charge in [-0.2, -0.15) is 9.55 Å². The van der Waals surface area contributed by atoms with E-state index in [4.69, 9.17) is 22.1 Å². The van der Waals surface area contributed by atoms with E-state index in [1.54, 1.807) is 6.21 Å². The van der Waals surface area contributed by atoms with Crippen molar-refractivity contribution in [1.29, 1.82) is 0 Å². The molecule has 12 nitrogen and oxygen atoms in total. The Morgan fingerprint density at radius 2 is 1.67 bits per heavy atom. The number of aromatic nitrogens is 4. The zero-order valence-corrected chi connectivity index (χ0v) is 23.8. The largest absolute Gasteiger partial charge is 0.427 e. The summed E-state index contributed by atoms with van der Waals surface area (Å²) in [5.74, 6) is 2.02. The fourth-order valence-corrected chi connectivity index (χ4v) is 5.82. The lowest BCUT2D eigenvalue weighted by atomic mass is 10.1. The predicted molar refractivity (Wildman–Crippen MR) is 157 cm³/mol. The van der Waals surface area contributed by atoms with Crippen molar-refractivity contribution < 1.29 is 23.9 Å². The minimum Gasteiger partial charge on any atom is -0.387 e. The van der Waals surface area contributed by atoms with Gasteiger partial charge in [0.25, 0.3) is 5.82 Å². The minimum absolute atomic E-state index is 0.0753. The molecule has 0 aliphatic carbocycles. The summed E-state index contributed by atoms with van der Waals surface area (Å²) in [6.45, 7) is 5.61. The van der Waals surface area contributed by atoms with Gasteiger partial charge in [-0.15, -0.1) is 9.38 Å². The number of aliphatic hydroxyl groups is 2. The summed E-state index contributed by atoms with van der Waals surface area (Å²) in [7, 11) is 0. The molecule has 220 valence electrons. The van der Waals surface area contributed by atoms with Gasteiger partial charge >= 0.3 is 6.08 Å². The molecule has 4 atom stereocenters. The summed E-state index contributed by atoms with van der Waals surface area (Å²) in [5.41, 5.74) is 8.62. The Morgan fingerprint density at radius 3 is 2.38 bits per heavy atom. The summed E-state index contributed by atoms with van der Waals surface area (Å²) in [5, 5.41) is 20.2. The van der Waals surface area contributed by atoms with Crippen molar-refractivity contribution in [2.45, 2.75) is 50.7 Å². The lowest BCUT2D eigenvalue weighted by Crippen LogP contribution is -2.50. The maximum atomic E-state index is 14.1. The van der Waals surface area contributed by atoms with E-state index in [0.717, 1.165) is 54.4 Å².